The fourth-order valence-electron chi connectivity index (χ4n) is 2.60. The molecule has 1 unspecified atom stereocenters. The van der Waals surface area contributed by atoms with Crippen LogP contribution in [-0.4, -0.2) is 24.0 Å². The van der Waals surface area contributed by atoms with Crippen LogP contribution in [0.15, 0.2) is 24.3 Å². The Balaban J connectivity index is 2.07. The van der Waals surface area contributed by atoms with Gasteiger partial charge in [-0.2, -0.15) is 0 Å². The predicted molar refractivity (Wildman–Crippen MR) is 72.8 cm³/mol. The van der Waals surface area contributed by atoms with E-state index in [9.17, 15) is 0 Å². The first-order valence-corrected chi connectivity index (χ1v) is 6.53. The number of nitrogens with zero attached hydrogens (tertiary/aromatic N) is 1. The molecule has 0 radical (unpaired) electrons. The molecule has 0 aromatic heterocycles. The summed E-state index contributed by atoms with van der Waals surface area (Å²) in [5, 5.41) is 0. The summed E-state index contributed by atoms with van der Waals surface area (Å²) in [6.45, 7) is 6.19. The van der Waals surface area contributed by atoms with Gasteiger partial charge in [0, 0.05) is 18.6 Å². The SMILES string of the molecule is Cc1cccc(CN(C)C(C)(CN)C2CC2)c1. The van der Waals surface area contributed by atoms with Crippen molar-refractivity contribution in [1.29, 1.82) is 0 Å². The maximum Gasteiger partial charge on any atom is 0.0332 e. The molecule has 1 aliphatic carbocycles. The number of hydrogen-bond donors (Lipinski definition) is 1. The van der Waals surface area contributed by atoms with Crippen LogP contribution < -0.4 is 5.73 Å². The number of rotatable bonds is 5. The Bertz CT molecular complexity index is 384. The molecule has 1 aromatic carbocycles. The highest BCUT2D eigenvalue weighted by Crippen LogP contribution is 2.42. The Labute approximate surface area is 105 Å². The highest BCUT2D eigenvalue weighted by molar-refractivity contribution is 5.22. The van der Waals surface area contributed by atoms with Crippen LogP contribution in [0.25, 0.3) is 0 Å². The summed E-state index contributed by atoms with van der Waals surface area (Å²) in [5.41, 5.74) is 8.87. The van der Waals surface area contributed by atoms with Gasteiger partial charge in [-0.3, -0.25) is 4.90 Å². The molecular formula is C15H24N2. The fourth-order valence-corrected chi connectivity index (χ4v) is 2.60. The van der Waals surface area contributed by atoms with Crippen LogP contribution in [0.4, 0.5) is 0 Å². The molecule has 2 heteroatoms. The lowest BCUT2D eigenvalue weighted by Crippen LogP contribution is -2.51. The number of benzene rings is 1. The average molecular weight is 232 g/mol. The number of hydrogen-bond acceptors (Lipinski definition) is 2. The highest BCUT2D eigenvalue weighted by Gasteiger charge is 2.43. The molecular weight excluding hydrogens is 208 g/mol. The minimum atomic E-state index is 0.170. The van der Waals surface area contributed by atoms with Crippen LogP contribution in [-0.2, 0) is 6.54 Å². The Kier molecular flexibility index (Phi) is 3.55. The third kappa shape index (κ3) is 2.70. The van der Waals surface area contributed by atoms with Gasteiger partial charge in [0.1, 0.15) is 0 Å². The van der Waals surface area contributed by atoms with Crippen molar-refractivity contribution in [2.45, 2.75) is 38.8 Å². The van der Waals surface area contributed by atoms with Gasteiger partial charge in [0.2, 0.25) is 0 Å². The zero-order valence-electron chi connectivity index (χ0n) is 11.2. The number of likely N-dealkylation sites (N-methyl/N-ethyl adjacent to an activating group) is 1. The molecule has 0 amide bonds. The van der Waals surface area contributed by atoms with Gasteiger partial charge in [0.15, 0.2) is 0 Å². The van der Waals surface area contributed by atoms with Crippen molar-refractivity contribution in [2.75, 3.05) is 13.6 Å². The van der Waals surface area contributed by atoms with Gasteiger partial charge < -0.3 is 5.73 Å². The summed E-state index contributed by atoms with van der Waals surface area (Å²) < 4.78 is 0. The zero-order chi connectivity index (χ0) is 12.5. The average Bonchev–Trinajstić information content (AvgIpc) is 3.12. The lowest BCUT2D eigenvalue weighted by Gasteiger charge is -2.38. The molecule has 1 aromatic rings. The van der Waals surface area contributed by atoms with Crippen LogP contribution >= 0.6 is 0 Å². The van der Waals surface area contributed by atoms with Gasteiger partial charge in [-0.25, -0.2) is 0 Å². The minimum Gasteiger partial charge on any atom is -0.329 e. The third-order valence-corrected chi connectivity index (χ3v) is 4.24. The van der Waals surface area contributed by atoms with E-state index in [-0.39, 0.29) is 5.54 Å². The van der Waals surface area contributed by atoms with E-state index in [1.54, 1.807) is 0 Å². The van der Waals surface area contributed by atoms with Crippen LogP contribution in [0.1, 0.15) is 30.9 Å². The van der Waals surface area contributed by atoms with E-state index >= 15 is 0 Å². The molecule has 2 rings (SSSR count). The standard InChI is InChI=1S/C15H24N2/c1-12-5-4-6-13(9-12)10-17(3)15(2,11-16)14-7-8-14/h4-6,9,14H,7-8,10-11,16H2,1-3H3. The van der Waals surface area contributed by atoms with E-state index < -0.39 is 0 Å². The summed E-state index contributed by atoms with van der Waals surface area (Å²) >= 11 is 0. The molecule has 2 nitrogen and oxygen atoms in total. The molecule has 1 fully saturated rings. The summed E-state index contributed by atoms with van der Waals surface area (Å²) in [6, 6.07) is 8.75. The molecule has 1 atom stereocenters. The number of aryl methyl sites for hydroxylation is 1. The first-order chi connectivity index (χ1) is 8.06. The van der Waals surface area contributed by atoms with E-state index in [0.717, 1.165) is 19.0 Å². The van der Waals surface area contributed by atoms with Gasteiger partial charge in [0.25, 0.3) is 0 Å². The van der Waals surface area contributed by atoms with E-state index in [0.29, 0.717) is 0 Å². The van der Waals surface area contributed by atoms with Crippen molar-refractivity contribution >= 4 is 0 Å². The van der Waals surface area contributed by atoms with Crippen molar-refractivity contribution < 1.29 is 0 Å². The molecule has 1 saturated carbocycles. The van der Waals surface area contributed by atoms with Crippen LogP contribution in [0.5, 0.6) is 0 Å². The molecule has 0 bridgehead atoms. The van der Waals surface area contributed by atoms with Gasteiger partial charge in [-0.05, 0) is 45.2 Å². The Morgan fingerprint density at radius 3 is 2.65 bits per heavy atom. The summed E-state index contributed by atoms with van der Waals surface area (Å²) in [6.07, 6.45) is 2.68. The minimum absolute atomic E-state index is 0.170. The van der Waals surface area contributed by atoms with Gasteiger partial charge in [0.05, 0.1) is 0 Å². The third-order valence-electron chi connectivity index (χ3n) is 4.24. The molecule has 0 spiro atoms. The van der Waals surface area contributed by atoms with Gasteiger partial charge >= 0.3 is 0 Å². The molecule has 94 valence electrons. The van der Waals surface area contributed by atoms with Crippen molar-refractivity contribution in [1.82, 2.24) is 4.90 Å². The zero-order valence-corrected chi connectivity index (χ0v) is 11.2. The van der Waals surface area contributed by atoms with Crippen molar-refractivity contribution in [3.05, 3.63) is 35.4 Å². The summed E-state index contributed by atoms with van der Waals surface area (Å²) in [7, 11) is 2.20. The monoisotopic (exact) mass is 232 g/mol. The Hall–Kier alpha value is -0.860. The summed E-state index contributed by atoms with van der Waals surface area (Å²) in [5.74, 6) is 0.794. The fraction of sp³-hybridized carbons (Fsp3) is 0.600. The van der Waals surface area contributed by atoms with E-state index in [1.807, 2.05) is 0 Å². The van der Waals surface area contributed by atoms with Crippen molar-refractivity contribution in [3.63, 3.8) is 0 Å². The Morgan fingerprint density at radius 1 is 1.41 bits per heavy atom. The van der Waals surface area contributed by atoms with E-state index in [2.05, 4.69) is 50.1 Å². The van der Waals surface area contributed by atoms with E-state index in [4.69, 9.17) is 5.73 Å². The lowest BCUT2D eigenvalue weighted by atomic mass is 9.93. The molecule has 0 saturated heterocycles. The molecule has 17 heavy (non-hydrogen) atoms. The van der Waals surface area contributed by atoms with Crippen molar-refractivity contribution in [3.8, 4) is 0 Å². The Morgan fingerprint density at radius 2 is 2.12 bits per heavy atom. The quantitative estimate of drug-likeness (QED) is 0.845. The highest BCUT2D eigenvalue weighted by atomic mass is 15.2. The van der Waals surface area contributed by atoms with Gasteiger partial charge in [-0.1, -0.05) is 29.8 Å². The first-order valence-electron chi connectivity index (χ1n) is 6.53. The predicted octanol–water partition coefficient (Wildman–Crippen LogP) is 2.55. The molecule has 0 heterocycles. The second kappa shape index (κ2) is 4.79. The van der Waals surface area contributed by atoms with Crippen LogP contribution in [0.2, 0.25) is 0 Å². The molecule has 1 aliphatic rings. The second-order valence-corrected chi connectivity index (χ2v) is 5.68. The number of nitrogens with two attached hydrogens (primary N) is 1. The normalized spacial score (nSPS) is 19.4. The van der Waals surface area contributed by atoms with Crippen molar-refractivity contribution in [2.24, 2.45) is 11.7 Å². The largest absolute Gasteiger partial charge is 0.329 e. The van der Waals surface area contributed by atoms with Crippen LogP contribution in [0, 0.1) is 12.8 Å². The first kappa shape index (κ1) is 12.6. The lowest BCUT2D eigenvalue weighted by molar-refractivity contribution is 0.113. The molecule has 2 N–H and O–H groups in total. The molecule has 0 aliphatic heterocycles. The van der Waals surface area contributed by atoms with Gasteiger partial charge in [-0.15, -0.1) is 0 Å². The second-order valence-electron chi connectivity index (χ2n) is 5.68. The maximum atomic E-state index is 5.99. The topological polar surface area (TPSA) is 29.3 Å². The summed E-state index contributed by atoms with van der Waals surface area (Å²) in [4.78, 5) is 2.43. The van der Waals surface area contributed by atoms with E-state index in [1.165, 1.54) is 24.0 Å². The maximum absolute atomic E-state index is 5.99. The smallest absolute Gasteiger partial charge is 0.0332 e. The van der Waals surface area contributed by atoms with Crippen LogP contribution in [0.3, 0.4) is 0 Å².